The number of nitrogens with one attached hydrogen (secondary N) is 1. The maximum atomic E-state index is 12.0. The third-order valence-electron chi connectivity index (χ3n) is 2.34. The normalized spacial score (nSPS) is 10.8. The van der Waals surface area contributed by atoms with Crippen LogP contribution >= 0.6 is 0 Å². The van der Waals surface area contributed by atoms with Crippen molar-refractivity contribution in [2.24, 2.45) is 0 Å². The molecule has 0 bridgehead atoms. The number of hydrogen-bond acceptors (Lipinski definition) is 4. The Kier molecular flexibility index (Phi) is 1.83. The van der Waals surface area contributed by atoms with E-state index in [1.54, 1.807) is 30.3 Å². The molecule has 0 radical (unpaired) electrons. The minimum absolute atomic E-state index is 0.190. The van der Waals surface area contributed by atoms with Gasteiger partial charge in [-0.1, -0.05) is 6.07 Å². The van der Waals surface area contributed by atoms with Gasteiger partial charge in [0.15, 0.2) is 5.76 Å². The molecule has 0 saturated carbocycles. The van der Waals surface area contributed by atoms with Crippen molar-refractivity contribution in [3.63, 3.8) is 0 Å². The molecule has 3 rings (SSSR count). The third kappa shape index (κ3) is 1.22. The van der Waals surface area contributed by atoms with Gasteiger partial charge in [-0.3, -0.25) is 4.79 Å². The topological polar surface area (TPSA) is 71.8 Å². The average molecular weight is 213 g/mol. The molecule has 16 heavy (non-hydrogen) atoms. The summed E-state index contributed by atoms with van der Waals surface area (Å²) in [5.74, 6) is 0.111. The molecule has 5 heteroatoms. The van der Waals surface area contributed by atoms with E-state index in [4.69, 9.17) is 4.42 Å². The Balaban J connectivity index is 2.19. The fourth-order valence-electron chi connectivity index (χ4n) is 1.59. The monoisotopic (exact) mass is 213 g/mol. The van der Waals surface area contributed by atoms with Crippen LogP contribution < -0.4 is 0 Å². The highest BCUT2D eigenvalue weighted by atomic mass is 16.3. The molecular formula is C11H7N3O2. The van der Waals surface area contributed by atoms with Crippen LogP contribution in [0.3, 0.4) is 0 Å². The number of fused-ring (bicyclic) bond motifs is 1. The van der Waals surface area contributed by atoms with E-state index in [-0.39, 0.29) is 5.78 Å². The van der Waals surface area contributed by atoms with Crippen molar-refractivity contribution in [2.45, 2.75) is 0 Å². The lowest BCUT2D eigenvalue weighted by atomic mass is 10.1. The molecule has 0 amide bonds. The van der Waals surface area contributed by atoms with Gasteiger partial charge in [0.25, 0.3) is 0 Å². The number of hydrogen-bond donors (Lipinski definition) is 1. The molecule has 0 aliphatic rings. The van der Waals surface area contributed by atoms with Gasteiger partial charge in [-0.15, -0.1) is 0 Å². The van der Waals surface area contributed by atoms with Gasteiger partial charge >= 0.3 is 0 Å². The molecule has 0 atom stereocenters. The number of ketones is 1. The Labute approximate surface area is 90.1 Å². The molecule has 0 aliphatic carbocycles. The summed E-state index contributed by atoms with van der Waals surface area (Å²) in [5.41, 5.74) is 1.71. The Bertz CT molecular complexity index is 640. The Morgan fingerprint density at radius 2 is 2.12 bits per heavy atom. The molecule has 1 N–H and O–H groups in total. The van der Waals surface area contributed by atoms with Crippen LogP contribution in [-0.4, -0.2) is 21.2 Å². The summed E-state index contributed by atoms with van der Waals surface area (Å²) in [4.78, 5) is 12.0. The van der Waals surface area contributed by atoms with Crippen molar-refractivity contribution in [3.8, 4) is 0 Å². The van der Waals surface area contributed by atoms with Crippen LogP contribution in [0.15, 0.2) is 41.0 Å². The number of carbonyl (C=O) groups excluding carboxylic acids is 1. The van der Waals surface area contributed by atoms with Gasteiger partial charge in [0.1, 0.15) is 11.0 Å². The standard InChI is InChI=1S/C11H7N3O2/c15-11(9-5-2-6-16-9)7-3-1-4-8-10(7)13-14-12-8/h1-6H,(H,12,13,14). The van der Waals surface area contributed by atoms with Gasteiger partial charge in [0.2, 0.25) is 5.78 Å². The van der Waals surface area contributed by atoms with Crippen molar-refractivity contribution in [1.29, 1.82) is 0 Å². The van der Waals surface area contributed by atoms with Crippen molar-refractivity contribution in [1.82, 2.24) is 15.4 Å². The van der Waals surface area contributed by atoms with E-state index in [1.165, 1.54) is 6.26 Å². The van der Waals surface area contributed by atoms with E-state index in [0.717, 1.165) is 0 Å². The van der Waals surface area contributed by atoms with Gasteiger partial charge < -0.3 is 4.42 Å². The molecule has 2 heterocycles. The number of nitrogens with zero attached hydrogens (tertiary/aromatic N) is 2. The molecule has 0 saturated heterocycles. The fourth-order valence-corrected chi connectivity index (χ4v) is 1.59. The second-order valence-electron chi connectivity index (χ2n) is 3.30. The molecule has 78 valence electrons. The first kappa shape index (κ1) is 8.84. The lowest BCUT2D eigenvalue weighted by Crippen LogP contribution is -2.00. The largest absolute Gasteiger partial charge is 0.461 e. The number of rotatable bonds is 2. The van der Waals surface area contributed by atoms with Crippen LogP contribution in [0.2, 0.25) is 0 Å². The van der Waals surface area contributed by atoms with Gasteiger partial charge in [-0.05, 0) is 24.3 Å². The predicted octanol–water partition coefficient (Wildman–Crippen LogP) is 1.78. The minimum Gasteiger partial charge on any atom is -0.461 e. The summed E-state index contributed by atoms with van der Waals surface area (Å²) in [7, 11) is 0. The second kappa shape index (κ2) is 3.30. The van der Waals surface area contributed by atoms with Crippen LogP contribution in [0, 0.1) is 0 Å². The molecular weight excluding hydrogens is 206 g/mol. The zero-order valence-electron chi connectivity index (χ0n) is 8.18. The van der Waals surface area contributed by atoms with Gasteiger partial charge in [0.05, 0.1) is 11.8 Å². The average Bonchev–Trinajstić information content (AvgIpc) is 2.98. The number of aromatic amines is 1. The fraction of sp³-hybridized carbons (Fsp3) is 0. The molecule has 5 nitrogen and oxygen atoms in total. The highest BCUT2D eigenvalue weighted by Crippen LogP contribution is 2.17. The molecule has 0 unspecified atom stereocenters. The van der Waals surface area contributed by atoms with Crippen molar-refractivity contribution in [2.75, 3.05) is 0 Å². The smallest absolute Gasteiger partial charge is 0.230 e. The van der Waals surface area contributed by atoms with E-state index >= 15 is 0 Å². The van der Waals surface area contributed by atoms with Gasteiger partial charge in [-0.2, -0.15) is 15.4 Å². The molecule has 3 aromatic rings. The SMILES string of the molecule is O=C(c1ccco1)c1cccc2n[nH]nc12. The Morgan fingerprint density at radius 1 is 1.19 bits per heavy atom. The summed E-state index contributed by atoms with van der Waals surface area (Å²) >= 11 is 0. The Hall–Kier alpha value is -2.43. The van der Waals surface area contributed by atoms with Crippen molar-refractivity contribution >= 4 is 16.8 Å². The number of aromatic nitrogens is 3. The number of benzene rings is 1. The summed E-state index contributed by atoms with van der Waals surface area (Å²) in [5, 5.41) is 10.4. The highest BCUT2D eigenvalue weighted by molar-refractivity contribution is 6.13. The number of H-pyrrole nitrogens is 1. The van der Waals surface area contributed by atoms with E-state index in [1.807, 2.05) is 0 Å². The zero-order valence-corrected chi connectivity index (χ0v) is 8.18. The van der Waals surface area contributed by atoms with Crippen LogP contribution in [0.5, 0.6) is 0 Å². The van der Waals surface area contributed by atoms with E-state index in [0.29, 0.717) is 22.4 Å². The molecule has 2 aromatic heterocycles. The first-order valence-corrected chi connectivity index (χ1v) is 4.74. The number of para-hydroxylation sites is 1. The summed E-state index contributed by atoms with van der Waals surface area (Å²) < 4.78 is 5.07. The molecule has 1 aromatic carbocycles. The zero-order chi connectivity index (χ0) is 11.0. The van der Waals surface area contributed by atoms with Gasteiger partial charge in [0, 0.05) is 0 Å². The van der Waals surface area contributed by atoms with Crippen molar-refractivity contribution in [3.05, 3.63) is 47.9 Å². The highest BCUT2D eigenvalue weighted by Gasteiger charge is 2.16. The quantitative estimate of drug-likeness (QED) is 0.658. The lowest BCUT2D eigenvalue weighted by molar-refractivity contribution is 0.101. The van der Waals surface area contributed by atoms with E-state index < -0.39 is 0 Å². The maximum absolute atomic E-state index is 12.0. The van der Waals surface area contributed by atoms with E-state index in [2.05, 4.69) is 15.4 Å². The maximum Gasteiger partial charge on any atom is 0.230 e. The summed E-state index contributed by atoms with van der Waals surface area (Å²) in [6.45, 7) is 0. The van der Waals surface area contributed by atoms with Crippen LogP contribution in [0.4, 0.5) is 0 Å². The molecule has 0 spiro atoms. The summed E-state index contributed by atoms with van der Waals surface area (Å²) in [6.07, 6.45) is 1.47. The van der Waals surface area contributed by atoms with Gasteiger partial charge in [-0.25, -0.2) is 0 Å². The van der Waals surface area contributed by atoms with E-state index in [9.17, 15) is 4.79 Å². The first-order valence-electron chi connectivity index (χ1n) is 4.74. The third-order valence-corrected chi connectivity index (χ3v) is 2.34. The lowest BCUT2D eigenvalue weighted by Gasteiger charge is -1.97. The second-order valence-corrected chi connectivity index (χ2v) is 3.30. The first-order chi connectivity index (χ1) is 7.86. The molecule has 0 fully saturated rings. The number of carbonyl (C=O) groups is 1. The number of furan rings is 1. The van der Waals surface area contributed by atoms with Crippen molar-refractivity contribution < 1.29 is 9.21 Å². The summed E-state index contributed by atoms with van der Waals surface area (Å²) in [6, 6.07) is 8.56. The minimum atomic E-state index is -0.190. The Morgan fingerprint density at radius 3 is 2.94 bits per heavy atom. The molecule has 0 aliphatic heterocycles. The predicted molar refractivity (Wildman–Crippen MR) is 56.0 cm³/mol. The van der Waals surface area contributed by atoms with Crippen LogP contribution in [0.25, 0.3) is 11.0 Å². The van der Waals surface area contributed by atoms with Crippen LogP contribution in [0.1, 0.15) is 16.1 Å². The van der Waals surface area contributed by atoms with Crippen LogP contribution in [-0.2, 0) is 0 Å².